The van der Waals surface area contributed by atoms with Crippen molar-refractivity contribution in [2.24, 2.45) is 5.10 Å². The topological polar surface area (TPSA) is 151 Å². The summed E-state index contributed by atoms with van der Waals surface area (Å²) < 4.78 is 10.4. The third-order valence-corrected chi connectivity index (χ3v) is 5.18. The molecule has 0 atom stereocenters. The number of non-ortho nitro benzene ring substituents is 1. The van der Waals surface area contributed by atoms with E-state index in [0.29, 0.717) is 38.2 Å². The van der Waals surface area contributed by atoms with Gasteiger partial charge in [-0.1, -0.05) is 0 Å². The number of aromatic hydroxyl groups is 1. The van der Waals surface area contributed by atoms with Crippen LogP contribution in [0.4, 0.5) is 23.5 Å². The predicted molar refractivity (Wildman–Crippen MR) is 117 cm³/mol. The third kappa shape index (κ3) is 4.77. The number of nitro groups is 1. The maximum Gasteiger partial charge on any atom is 0.274 e. The van der Waals surface area contributed by atoms with Crippen LogP contribution in [0.3, 0.4) is 0 Å². The molecule has 2 saturated heterocycles. The van der Waals surface area contributed by atoms with Gasteiger partial charge in [0.25, 0.3) is 5.69 Å². The lowest BCUT2D eigenvalue weighted by Gasteiger charge is -2.27. The Hall–Kier alpha value is -3.74. The molecule has 2 aromatic rings. The molecule has 0 aliphatic carbocycles. The monoisotopic (exact) mass is 444 g/mol. The minimum Gasteiger partial charge on any atom is -0.504 e. The fourth-order valence-electron chi connectivity index (χ4n) is 3.50. The lowest BCUT2D eigenvalue weighted by Crippen LogP contribution is -2.38. The number of nitrogens with zero attached hydrogens (tertiary/aromatic N) is 7. The molecule has 0 bridgehead atoms. The van der Waals surface area contributed by atoms with E-state index >= 15 is 0 Å². The number of anilines is 3. The summed E-state index contributed by atoms with van der Waals surface area (Å²) in [6.45, 7) is 4.29. The molecule has 0 unspecified atom stereocenters. The van der Waals surface area contributed by atoms with Crippen LogP contribution in [0.1, 0.15) is 18.4 Å². The molecule has 4 rings (SSSR count). The molecule has 2 aliphatic rings. The lowest BCUT2D eigenvalue weighted by molar-refractivity contribution is -0.385. The van der Waals surface area contributed by atoms with E-state index < -0.39 is 4.92 Å². The lowest BCUT2D eigenvalue weighted by atomic mass is 10.2. The first-order valence-corrected chi connectivity index (χ1v) is 10.2. The van der Waals surface area contributed by atoms with Gasteiger partial charge >= 0.3 is 0 Å². The quantitative estimate of drug-likeness (QED) is 0.362. The van der Waals surface area contributed by atoms with Gasteiger partial charge in [-0.2, -0.15) is 20.1 Å². The molecule has 13 nitrogen and oxygen atoms in total. The number of phenolic OH excluding ortho intramolecular Hbond substituents is 1. The third-order valence-electron chi connectivity index (χ3n) is 5.18. The Kier molecular flexibility index (Phi) is 6.44. The van der Waals surface area contributed by atoms with Crippen molar-refractivity contribution in [1.29, 1.82) is 0 Å². The van der Waals surface area contributed by atoms with Crippen molar-refractivity contribution in [3.63, 3.8) is 0 Å². The number of rotatable bonds is 7. The fraction of sp³-hybridized carbons (Fsp3) is 0.474. The standard InChI is InChI=1S/C19H24N8O5/c1-31-15-11-14(27(29)30)10-13(16(15)28)12-20-24-17-21-18(25-4-2-3-5-25)23-19(22-17)26-6-8-32-9-7-26/h10-12,28H,2-9H2,1H3,(H,21,22,23,24)/b20-12+. The average Bonchev–Trinajstić information content (AvgIpc) is 3.35. The Morgan fingerprint density at radius 3 is 2.44 bits per heavy atom. The number of benzene rings is 1. The number of phenols is 1. The zero-order valence-corrected chi connectivity index (χ0v) is 17.6. The minimum atomic E-state index is -0.574. The van der Waals surface area contributed by atoms with Crippen LogP contribution >= 0.6 is 0 Å². The van der Waals surface area contributed by atoms with Crippen LogP contribution in [0.2, 0.25) is 0 Å². The maximum absolute atomic E-state index is 11.1. The van der Waals surface area contributed by atoms with Gasteiger partial charge in [-0.05, 0) is 12.8 Å². The predicted octanol–water partition coefficient (Wildman–Crippen LogP) is 1.38. The molecular weight excluding hydrogens is 420 g/mol. The Morgan fingerprint density at radius 2 is 1.81 bits per heavy atom. The van der Waals surface area contributed by atoms with Crippen molar-refractivity contribution in [2.45, 2.75) is 12.8 Å². The van der Waals surface area contributed by atoms with Crippen molar-refractivity contribution in [3.05, 3.63) is 27.8 Å². The molecular formula is C19H24N8O5. The summed E-state index contributed by atoms with van der Waals surface area (Å²) in [6.07, 6.45) is 3.40. The van der Waals surface area contributed by atoms with E-state index in [1.54, 1.807) is 0 Å². The number of methoxy groups -OCH3 is 1. The van der Waals surface area contributed by atoms with E-state index in [0.717, 1.165) is 32.0 Å². The smallest absolute Gasteiger partial charge is 0.274 e. The number of nitro benzene ring substituents is 1. The van der Waals surface area contributed by atoms with Gasteiger partial charge in [0.1, 0.15) is 0 Å². The number of ether oxygens (including phenoxy) is 2. The molecule has 1 aromatic carbocycles. The van der Waals surface area contributed by atoms with Crippen LogP contribution in [-0.4, -0.2) is 77.7 Å². The van der Waals surface area contributed by atoms with Crippen LogP contribution in [0.5, 0.6) is 11.5 Å². The summed E-state index contributed by atoms with van der Waals surface area (Å²) in [5.41, 5.74) is 2.64. The number of hydrazone groups is 1. The number of morpholine rings is 1. The molecule has 0 radical (unpaired) electrons. The fourth-order valence-corrected chi connectivity index (χ4v) is 3.50. The normalized spacial score (nSPS) is 16.5. The van der Waals surface area contributed by atoms with E-state index in [-0.39, 0.29) is 28.7 Å². The Balaban J connectivity index is 1.59. The molecule has 0 saturated carbocycles. The van der Waals surface area contributed by atoms with Gasteiger partial charge < -0.3 is 24.4 Å². The molecule has 1 aromatic heterocycles. The first-order chi connectivity index (χ1) is 15.5. The van der Waals surface area contributed by atoms with Crippen molar-refractivity contribution in [1.82, 2.24) is 15.0 Å². The van der Waals surface area contributed by atoms with E-state index in [1.165, 1.54) is 19.4 Å². The molecule has 13 heteroatoms. The zero-order chi connectivity index (χ0) is 22.5. The molecule has 2 N–H and O–H groups in total. The van der Waals surface area contributed by atoms with E-state index in [2.05, 4.69) is 30.4 Å². The van der Waals surface area contributed by atoms with Crippen molar-refractivity contribution < 1.29 is 19.5 Å². The number of hydrogen-bond donors (Lipinski definition) is 2. The average molecular weight is 444 g/mol. The van der Waals surface area contributed by atoms with Gasteiger partial charge in [0, 0.05) is 37.8 Å². The Labute approximate surface area is 183 Å². The molecule has 0 spiro atoms. The summed E-state index contributed by atoms with van der Waals surface area (Å²) in [5.74, 6) is 1.05. The first kappa shape index (κ1) is 21.5. The molecule has 2 aliphatic heterocycles. The molecule has 170 valence electrons. The minimum absolute atomic E-state index is 0.0215. The number of hydrogen-bond acceptors (Lipinski definition) is 12. The summed E-state index contributed by atoms with van der Waals surface area (Å²) in [4.78, 5) is 28.2. The number of aromatic nitrogens is 3. The molecule has 0 amide bonds. The van der Waals surface area contributed by atoms with Crippen molar-refractivity contribution >= 4 is 29.7 Å². The van der Waals surface area contributed by atoms with E-state index in [1.807, 2.05) is 4.90 Å². The summed E-state index contributed by atoms with van der Waals surface area (Å²) in [5, 5.41) is 25.5. The van der Waals surface area contributed by atoms with Crippen LogP contribution in [0, 0.1) is 10.1 Å². The van der Waals surface area contributed by atoms with E-state index in [4.69, 9.17) is 9.47 Å². The van der Waals surface area contributed by atoms with Gasteiger partial charge in [0.2, 0.25) is 17.8 Å². The van der Waals surface area contributed by atoms with Crippen LogP contribution in [-0.2, 0) is 4.74 Å². The second-order valence-corrected chi connectivity index (χ2v) is 7.27. The first-order valence-electron chi connectivity index (χ1n) is 10.2. The highest BCUT2D eigenvalue weighted by molar-refractivity contribution is 5.86. The molecule has 2 fully saturated rings. The van der Waals surface area contributed by atoms with Crippen LogP contribution < -0.4 is 20.0 Å². The number of nitrogens with one attached hydrogen (secondary N) is 1. The zero-order valence-electron chi connectivity index (χ0n) is 17.6. The van der Waals surface area contributed by atoms with Crippen LogP contribution in [0.15, 0.2) is 17.2 Å². The molecule has 3 heterocycles. The van der Waals surface area contributed by atoms with E-state index in [9.17, 15) is 15.2 Å². The van der Waals surface area contributed by atoms with Crippen molar-refractivity contribution in [3.8, 4) is 11.5 Å². The van der Waals surface area contributed by atoms with Gasteiger partial charge in [0.05, 0.1) is 37.5 Å². The second-order valence-electron chi connectivity index (χ2n) is 7.27. The largest absolute Gasteiger partial charge is 0.504 e. The highest BCUT2D eigenvalue weighted by Gasteiger charge is 2.21. The SMILES string of the molecule is COc1cc([N+](=O)[O-])cc(/C=N/Nc2nc(N3CCCC3)nc(N3CCOCC3)n2)c1O. The van der Waals surface area contributed by atoms with Gasteiger partial charge in [0.15, 0.2) is 11.5 Å². The Bertz CT molecular complexity index is 1010. The van der Waals surface area contributed by atoms with Gasteiger partial charge in [-0.25, -0.2) is 5.43 Å². The summed E-state index contributed by atoms with van der Waals surface area (Å²) in [6, 6.07) is 2.34. The second kappa shape index (κ2) is 9.60. The van der Waals surface area contributed by atoms with Crippen LogP contribution in [0.25, 0.3) is 0 Å². The van der Waals surface area contributed by atoms with Gasteiger partial charge in [-0.3, -0.25) is 10.1 Å². The summed E-state index contributed by atoms with van der Waals surface area (Å²) in [7, 11) is 1.32. The van der Waals surface area contributed by atoms with Crippen molar-refractivity contribution in [2.75, 3.05) is 61.7 Å². The highest BCUT2D eigenvalue weighted by Crippen LogP contribution is 2.33. The molecule has 32 heavy (non-hydrogen) atoms. The highest BCUT2D eigenvalue weighted by atomic mass is 16.6. The maximum atomic E-state index is 11.1. The van der Waals surface area contributed by atoms with Gasteiger partial charge in [-0.15, -0.1) is 0 Å². The Morgan fingerprint density at radius 1 is 1.16 bits per heavy atom. The summed E-state index contributed by atoms with van der Waals surface area (Å²) >= 11 is 0.